The van der Waals surface area contributed by atoms with Crippen molar-refractivity contribution in [2.24, 2.45) is 7.05 Å². The fourth-order valence-corrected chi connectivity index (χ4v) is 3.02. The fourth-order valence-electron chi connectivity index (χ4n) is 2.26. The van der Waals surface area contributed by atoms with Gasteiger partial charge in [0.15, 0.2) is 16.7 Å². The molecular weight excluding hydrogens is 314 g/mol. The Morgan fingerprint density at radius 1 is 1.35 bits per heavy atom. The number of ether oxygens (including phenoxy) is 2. The van der Waals surface area contributed by atoms with Gasteiger partial charge < -0.3 is 19.4 Å². The number of rotatable bonds is 6. The number of amides is 1. The standard InChI is InChI=1S/C16H19N3O3S/c1-19-7-6-18-16(19)23-11-15(20)17-5-4-12-2-3-13-14(10-12)22-9-8-21-13/h2-3,6-7,10H,4-5,8-9,11H2,1H3,(H,17,20). The van der Waals surface area contributed by atoms with Gasteiger partial charge in [0.05, 0.1) is 5.75 Å². The van der Waals surface area contributed by atoms with Crippen molar-refractivity contribution in [3.63, 3.8) is 0 Å². The summed E-state index contributed by atoms with van der Waals surface area (Å²) in [6, 6.07) is 5.90. The molecular formula is C16H19N3O3S. The van der Waals surface area contributed by atoms with Crippen LogP contribution in [0.25, 0.3) is 0 Å². The van der Waals surface area contributed by atoms with E-state index in [-0.39, 0.29) is 5.91 Å². The summed E-state index contributed by atoms with van der Waals surface area (Å²) in [6.45, 7) is 1.77. The highest BCUT2D eigenvalue weighted by Gasteiger charge is 2.11. The Kier molecular flexibility index (Phi) is 5.07. The molecule has 2 aromatic rings. The van der Waals surface area contributed by atoms with Gasteiger partial charge in [-0.15, -0.1) is 0 Å². The van der Waals surface area contributed by atoms with Crippen molar-refractivity contribution < 1.29 is 14.3 Å². The lowest BCUT2D eigenvalue weighted by Gasteiger charge is -2.18. The van der Waals surface area contributed by atoms with Gasteiger partial charge in [-0.3, -0.25) is 4.79 Å². The van der Waals surface area contributed by atoms with E-state index in [4.69, 9.17) is 9.47 Å². The highest BCUT2D eigenvalue weighted by atomic mass is 32.2. The van der Waals surface area contributed by atoms with Crippen LogP contribution in [-0.4, -0.2) is 41.0 Å². The first-order valence-corrected chi connectivity index (χ1v) is 8.46. The van der Waals surface area contributed by atoms with E-state index in [0.29, 0.717) is 25.5 Å². The maximum absolute atomic E-state index is 11.9. The largest absolute Gasteiger partial charge is 0.486 e. The van der Waals surface area contributed by atoms with E-state index in [1.165, 1.54) is 11.8 Å². The zero-order chi connectivity index (χ0) is 16.1. The molecule has 0 spiro atoms. The second kappa shape index (κ2) is 7.41. The molecule has 3 rings (SSSR count). The Morgan fingerprint density at radius 2 is 2.17 bits per heavy atom. The van der Waals surface area contributed by atoms with Crippen LogP contribution in [0.15, 0.2) is 35.7 Å². The van der Waals surface area contributed by atoms with Gasteiger partial charge in [-0.2, -0.15) is 0 Å². The first-order valence-electron chi connectivity index (χ1n) is 7.48. The van der Waals surface area contributed by atoms with E-state index in [9.17, 15) is 4.79 Å². The molecule has 0 unspecified atom stereocenters. The molecule has 2 heterocycles. The molecule has 0 saturated carbocycles. The maximum atomic E-state index is 11.9. The topological polar surface area (TPSA) is 65.4 Å². The summed E-state index contributed by atoms with van der Waals surface area (Å²) in [5, 5.41) is 3.76. The summed E-state index contributed by atoms with van der Waals surface area (Å²) in [7, 11) is 1.91. The second-order valence-electron chi connectivity index (χ2n) is 5.19. The SMILES string of the molecule is Cn1ccnc1SCC(=O)NCCc1ccc2c(c1)OCCO2. The zero-order valence-electron chi connectivity index (χ0n) is 12.9. The lowest BCUT2D eigenvalue weighted by Crippen LogP contribution is -2.27. The number of nitrogens with one attached hydrogen (secondary N) is 1. The summed E-state index contributed by atoms with van der Waals surface area (Å²) in [6.07, 6.45) is 4.35. The maximum Gasteiger partial charge on any atom is 0.230 e. The Balaban J connectivity index is 1.42. The quantitative estimate of drug-likeness (QED) is 0.814. The van der Waals surface area contributed by atoms with E-state index >= 15 is 0 Å². The van der Waals surface area contributed by atoms with Crippen LogP contribution < -0.4 is 14.8 Å². The molecule has 1 aromatic carbocycles. The highest BCUT2D eigenvalue weighted by molar-refractivity contribution is 7.99. The first kappa shape index (κ1) is 15.7. The lowest BCUT2D eigenvalue weighted by molar-refractivity contribution is -0.118. The van der Waals surface area contributed by atoms with Crippen molar-refractivity contribution >= 4 is 17.7 Å². The average Bonchev–Trinajstić information content (AvgIpc) is 2.98. The van der Waals surface area contributed by atoms with Crippen LogP contribution in [0.3, 0.4) is 0 Å². The van der Waals surface area contributed by atoms with Crippen molar-refractivity contribution in [2.75, 3.05) is 25.5 Å². The molecule has 0 fully saturated rings. The van der Waals surface area contributed by atoms with E-state index in [1.807, 2.05) is 36.0 Å². The van der Waals surface area contributed by atoms with Gasteiger partial charge >= 0.3 is 0 Å². The summed E-state index contributed by atoms with van der Waals surface area (Å²) in [4.78, 5) is 16.0. The number of carbonyl (C=O) groups excluding carboxylic acids is 1. The Labute approximate surface area is 139 Å². The van der Waals surface area contributed by atoms with E-state index in [0.717, 1.165) is 28.6 Å². The van der Waals surface area contributed by atoms with Gasteiger partial charge in [0.2, 0.25) is 5.91 Å². The third kappa shape index (κ3) is 4.19. The smallest absolute Gasteiger partial charge is 0.230 e. The number of nitrogens with zero attached hydrogens (tertiary/aromatic N) is 2. The molecule has 1 amide bonds. The lowest BCUT2D eigenvalue weighted by atomic mass is 10.1. The van der Waals surface area contributed by atoms with Gasteiger partial charge in [0, 0.05) is 26.0 Å². The average molecular weight is 333 g/mol. The van der Waals surface area contributed by atoms with Crippen molar-refractivity contribution in [3.8, 4) is 11.5 Å². The predicted molar refractivity (Wildman–Crippen MR) is 88.1 cm³/mol. The van der Waals surface area contributed by atoms with Crippen LogP contribution in [0.2, 0.25) is 0 Å². The molecule has 7 heteroatoms. The number of benzene rings is 1. The third-order valence-corrected chi connectivity index (χ3v) is 4.51. The Bertz CT molecular complexity index is 687. The molecule has 0 bridgehead atoms. The number of aryl methyl sites for hydroxylation is 1. The Morgan fingerprint density at radius 3 is 2.96 bits per heavy atom. The normalized spacial score (nSPS) is 12.9. The first-order chi connectivity index (χ1) is 11.2. The molecule has 122 valence electrons. The molecule has 1 aromatic heterocycles. The van der Waals surface area contributed by atoms with Gasteiger partial charge in [-0.1, -0.05) is 17.8 Å². The number of hydrogen-bond donors (Lipinski definition) is 1. The summed E-state index contributed by atoms with van der Waals surface area (Å²) < 4.78 is 12.9. The molecule has 23 heavy (non-hydrogen) atoms. The van der Waals surface area contributed by atoms with Crippen LogP contribution in [0.1, 0.15) is 5.56 Å². The van der Waals surface area contributed by atoms with Gasteiger partial charge in [-0.25, -0.2) is 4.98 Å². The number of imidazole rings is 1. The summed E-state index contributed by atoms with van der Waals surface area (Å²) >= 11 is 1.43. The molecule has 1 aliphatic heterocycles. The number of fused-ring (bicyclic) bond motifs is 1. The van der Waals surface area contributed by atoms with Crippen LogP contribution in [0, 0.1) is 0 Å². The Hall–Kier alpha value is -2.15. The summed E-state index contributed by atoms with van der Waals surface area (Å²) in [5.41, 5.74) is 1.12. The van der Waals surface area contributed by atoms with E-state index in [2.05, 4.69) is 10.3 Å². The molecule has 1 N–H and O–H groups in total. The number of hydrogen-bond acceptors (Lipinski definition) is 5. The summed E-state index contributed by atoms with van der Waals surface area (Å²) in [5.74, 6) is 1.95. The molecule has 0 atom stereocenters. The van der Waals surface area contributed by atoms with E-state index in [1.54, 1.807) is 6.20 Å². The highest BCUT2D eigenvalue weighted by Crippen LogP contribution is 2.30. The fraction of sp³-hybridized carbons (Fsp3) is 0.375. The van der Waals surface area contributed by atoms with Crippen molar-refractivity contribution in [1.29, 1.82) is 0 Å². The van der Waals surface area contributed by atoms with Gasteiger partial charge in [0.25, 0.3) is 0 Å². The van der Waals surface area contributed by atoms with Gasteiger partial charge in [-0.05, 0) is 24.1 Å². The monoisotopic (exact) mass is 333 g/mol. The molecule has 1 aliphatic rings. The van der Waals surface area contributed by atoms with Crippen molar-refractivity contribution in [1.82, 2.24) is 14.9 Å². The number of thioether (sulfide) groups is 1. The minimum Gasteiger partial charge on any atom is -0.486 e. The van der Waals surface area contributed by atoms with Crippen molar-refractivity contribution in [3.05, 3.63) is 36.2 Å². The zero-order valence-corrected chi connectivity index (χ0v) is 13.8. The van der Waals surface area contributed by atoms with E-state index < -0.39 is 0 Å². The predicted octanol–water partition coefficient (Wildman–Crippen LogP) is 1.64. The molecule has 0 radical (unpaired) electrons. The third-order valence-electron chi connectivity index (χ3n) is 3.45. The van der Waals surface area contributed by atoms with Gasteiger partial charge in [0.1, 0.15) is 13.2 Å². The molecule has 0 aliphatic carbocycles. The number of aromatic nitrogens is 2. The second-order valence-corrected chi connectivity index (χ2v) is 6.13. The minimum atomic E-state index is 0.00976. The number of carbonyl (C=O) groups is 1. The van der Waals surface area contributed by atoms with Crippen molar-refractivity contribution in [2.45, 2.75) is 11.6 Å². The van der Waals surface area contributed by atoms with Crippen LogP contribution in [-0.2, 0) is 18.3 Å². The molecule has 6 nitrogen and oxygen atoms in total. The molecule has 0 saturated heterocycles. The van der Waals surface area contributed by atoms with Crippen LogP contribution in [0.5, 0.6) is 11.5 Å². The van der Waals surface area contributed by atoms with Crippen LogP contribution in [0.4, 0.5) is 0 Å². The van der Waals surface area contributed by atoms with Crippen LogP contribution >= 0.6 is 11.8 Å². The minimum absolute atomic E-state index is 0.00976.